The van der Waals surface area contributed by atoms with Crippen LogP contribution < -0.4 is 5.32 Å². The number of hydrogen-bond acceptors (Lipinski definition) is 3. The van der Waals surface area contributed by atoms with Gasteiger partial charge >= 0.3 is 6.18 Å². The predicted molar refractivity (Wildman–Crippen MR) is 105 cm³/mol. The van der Waals surface area contributed by atoms with E-state index in [4.69, 9.17) is 23.2 Å². The van der Waals surface area contributed by atoms with Gasteiger partial charge in [-0.2, -0.15) is 13.2 Å². The van der Waals surface area contributed by atoms with Gasteiger partial charge in [0.15, 0.2) is 5.69 Å². The molecule has 30 heavy (non-hydrogen) atoms. The summed E-state index contributed by atoms with van der Waals surface area (Å²) in [6.07, 6.45) is -4.11. The van der Waals surface area contributed by atoms with E-state index in [1.165, 1.54) is 24.4 Å². The molecule has 1 N–H and O–H groups in total. The van der Waals surface area contributed by atoms with Crippen molar-refractivity contribution in [3.8, 4) is 11.1 Å². The lowest BCUT2D eigenvalue weighted by molar-refractivity contribution is -0.141. The summed E-state index contributed by atoms with van der Waals surface area (Å²) in [6.45, 7) is -0.572. The third-order valence-electron chi connectivity index (χ3n) is 4.17. The number of alkyl halides is 4. The maximum absolute atomic E-state index is 14.6. The molecule has 0 aliphatic carbocycles. The normalized spacial score (nSPS) is 12.5. The summed E-state index contributed by atoms with van der Waals surface area (Å²) in [7, 11) is 0. The van der Waals surface area contributed by atoms with Crippen LogP contribution in [0.4, 0.5) is 17.6 Å². The van der Waals surface area contributed by atoms with Gasteiger partial charge in [-0.1, -0.05) is 35.3 Å². The quantitative estimate of drug-likeness (QED) is 0.382. The van der Waals surface area contributed by atoms with E-state index in [2.05, 4.69) is 15.3 Å². The lowest BCUT2D eigenvalue weighted by Gasteiger charge is -2.15. The number of aromatic nitrogens is 2. The van der Waals surface area contributed by atoms with Crippen molar-refractivity contribution >= 4 is 29.1 Å². The second-order valence-corrected chi connectivity index (χ2v) is 6.92. The minimum Gasteiger partial charge on any atom is -0.349 e. The fraction of sp³-hybridized carbons (Fsp3) is 0.150. The molecule has 156 valence electrons. The first-order valence-electron chi connectivity index (χ1n) is 8.53. The molecule has 1 unspecified atom stereocenters. The number of nitrogens with one attached hydrogen (secondary N) is 1. The first-order chi connectivity index (χ1) is 14.2. The third kappa shape index (κ3) is 4.88. The number of hydrogen-bond donors (Lipinski definition) is 1. The Balaban J connectivity index is 1.74. The SMILES string of the molecule is O=C(NCC(F)c1ccc(-c2cccnc2Cl)cc1Cl)c1cccnc1C(F)(F)F. The van der Waals surface area contributed by atoms with E-state index >= 15 is 0 Å². The number of halogens is 6. The van der Waals surface area contributed by atoms with Gasteiger partial charge in [0.05, 0.1) is 12.1 Å². The highest BCUT2D eigenvalue weighted by Crippen LogP contribution is 2.33. The van der Waals surface area contributed by atoms with E-state index in [0.29, 0.717) is 11.1 Å². The van der Waals surface area contributed by atoms with Crippen molar-refractivity contribution in [2.24, 2.45) is 0 Å². The van der Waals surface area contributed by atoms with E-state index < -0.39 is 36.1 Å². The maximum Gasteiger partial charge on any atom is 0.434 e. The van der Waals surface area contributed by atoms with Crippen LogP contribution in [0.15, 0.2) is 54.9 Å². The molecular formula is C20H13Cl2F4N3O. The van der Waals surface area contributed by atoms with Gasteiger partial charge in [0.1, 0.15) is 11.3 Å². The molecule has 0 bridgehead atoms. The van der Waals surface area contributed by atoms with Gasteiger partial charge in [0, 0.05) is 28.5 Å². The van der Waals surface area contributed by atoms with Crippen LogP contribution in [-0.2, 0) is 6.18 Å². The lowest BCUT2D eigenvalue weighted by atomic mass is 10.0. The number of pyridine rings is 2. The number of carbonyl (C=O) groups is 1. The van der Waals surface area contributed by atoms with Crippen LogP contribution in [0.5, 0.6) is 0 Å². The van der Waals surface area contributed by atoms with Crippen LogP contribution in [0, 0.1) is 0 Å². The number of rotatable bonds is 5. The van der Waals surface area contributed by atoms with Crippen LogP contribution >= 0.6 is 23.2 Å². The molecule has 3 aromatic rings. The van der Waals surface area contributed by atoms with Crippen LogP contribution in [0.1, 0.15) is 27.8 Å². The Hall–Kier alpha value is -2.71. The number of carbonyl (C=O) groups excluding carboxylic acids is 1. The first-order valence-corrected chi connectivity index (χ1v) is 9.29. The fourth-order valence-electron chi connectivity index (χ4n) is 2.75. The van der Waals surface area contributed by atoms with Gasteiger partial charge < -0.3 is 5.32 Å². The summed E-state index contributed by atoms with van der Waals surface area (Å²) in [5.41, 5.74) is -0.739. The van der Waals surface area contributed by atoms with Gasteiger partial charge in [-0.15, -0.1) is 0 Å². The van der Waals surface area contributed by atoms with Gasteiger partial charge in [-0.25, -0.2) is 9.37 Å². The van der Waals surface area contributed by atoms with E-state index in [-0.39, 0.29) is 15.7 Å². The Morgan fingerprint density at radius 3 is 2.43 bits per heavy atom. The molecule has 0 saturated carbocycles. The van der Waals surface area contributed by atoms with Crippen LogP contribution in [0.3, 0.4) is 0 Å². The first kappa shape index (κ1) is 22.0. The van der Waals surface area contributed by atoms with Crippen LogP contribution in [0.2, 0.25) is 10.2 Å². The second kappa shape index (κ2) is 8.97. The fourth-order valence-corrected chi connectivity index (χ4v) is 3.28. The molecule has 0 spiro atoms. The molecule has 0 aliphatic heterocycles. The van der Waals surface area contributed by atoms with Crippen molar-refractivity contribution in [1.82, 2.24) is 15.3 Å². The van der Waals surface area contributed by atoms with Crippen molar-refractivity contribution in [3.63, 3.8) is 0 Å². The van der Waals surface area contributed by atoms with E-state index in [1.54, 1.807) is 18.2 Å². The molecule has 1 aromatic carbocycles. The third-order valence-corrected chi connectivity index (χ3v) is 4.80. The van der Waals surface area contributed by atoms with Gasteiger partial charge in [-0.05, 0) is 35.9 Å². The highest BCUT2D eigenvalue weighted by molar-refractivity contribution is 6.33. The van der Waals surface area contributed by atoms with Gasteiger partial charge in [0.25, 0.3) is 5.91 Å². The van der Waals surface area contributed by atoms with Crippen LogP contribution in [-0.4, -0.2) is 22.4 Å². The molecule has 2 heterocycles. The zero-order valence-corrected chi connectivity index (χ0v) is 16.6. The smallest absolute Gasteiger partial charge is 0.349 e. The van der Waals surface area contributed by atoms with Crippen molar-refractivity contribution < 1.29 is 22.4 Å². The minimum absolute atomic E-state index is 0.0722. The zero-order valence-electron chi connectivity index (χ0n) is 15.1. The average molecular weight is 458 g/mol. The Morgan fingerprint density at radius 1 is 1.07 bits per heavy atom. The van der Waals surface area contributed by atoms with Crippen LogP contribution in [0.25, 0.3) is 11.1 Å². The number of benzene rings is 1. The Morgan fingerprint density at radius 2 is 1.77 bits per heavy atom. The largest absolute Gasteiger partial charge is 0.434 e. The second-order valence-electron chi connectivity index (χ2n) is 6.15. The number of amides is 1. The average Bonchev–Trinajstić information content (AvgIpc) is 2.71. The monoisotopic (exact) mass is 457 g/mol. The highest BCUT2D eigenvalue weighted by Gasteiger charge is 2.37. The van der Waals surface area contributed by atoms with E-state index in [1.807, 2.05) is 0 Å². The van der Waals surface area contributed by atoms with E-state index in [9.17, 15) is 22.4 Å². The minimum atomic E-state index is -4.81. The molecule has 0 saturated heterocycles. The predicted octanol–water partition coefficient (Wildman–Crippen LogP) is 5.91. The standard InChI is InChI=1S/C20H13Cl2F4N3O/c21-15-9-11(12-3-1-8-28-18(12)22)5-6-13(15)16(23)10-29-19(30)14-4-2-7-27-17(14)20(24,25)26/h1-9,16H,10H2,(H,29,30). The van der Waals surface area contributed by atoms with Crippen molar-refractivity contribution in [2.45, 2.75) is 12.3 Å². The van der Waals surface area contributed by atoms with Crippen molar-refractivity contribution in [3.05, 3.63) is 81.9 Å². The summed E-state index contributed by atoms with van der Waals surface area (Å²) in [5, 5.41) is 2.48. The Labute approximate surface area is 178 Å². The topological polar surface area (TPSA) is 54.9 Å². The Kier molecular flexibility index (Phi) is 6.58. The van der Waals surface area contributed by atoms with E-state index in [0.717, 1.165) is 12.3 Å². The summed E-state index contributed by atoms with van der Waals surface area (Å²) >= 11 is 12.2. The maximum atomic E-state index is 14.6. The van der Waals surface area contributed by atoms with Gasteiger partial charge in [-0.3, -0.25) is 9.78 Å². The molecule has 3 rings (SSSR count). The molecule has 0 radical (unpaired) electrons. The summed E-state index contributed by atoms with van der Waals surface area (Å²) in [6, 6.07) is 10.1. The molecule has 2 aromatic heterocycles. The molecular weight excluding hydrogens is 445 g/mol. The number of nitrogens with zero attached hydrogens (tertiary/aromatic N) is 2. The van der Waals surface area contributed by atoms with Crippen molar-refractivity contribution in [1.29, 1.82) is 0 Å². The molecule has 0 aliphatic rings. The zero-order chi connectivity index (χ0) is 21.9. The Bertz CT molecular complexity index is 1080. The lowest BCUT2D eigenvalue weighted by Crippen LogP contribution is -2.29. The molecule has 0 fully saturated rings. The summed E-state index contributed by atoms with van der Waals surface area (Å²) in [4.78, 5) is 19.3. The van der Waals surface area contributed by atoms with Gasteiger partial charge in [0.2, 0.25) is 0 Å². The highest BCUT2D eigenvalue weighted by atomic mass is 35.5. The molecule has 4 nitrogen and oxygen atoms in total. The molecule has 1 amide bonds. The molecule has 1 atom stereocenters. The molecule has 10 heteroatoms. The summed E-state index contributed by atoms with van der Waals surface area (Å²) < 4.78 is 53.6. The van der Waals surface area contributed by atoms with Crippen molar-refractivity contribution in [2.75, 3.05) is 6.54 Å². The summed E-state index contributed by atoms with van der Waals surface area (Å²) in [5.74, 6) is -1.09.